The minimum absolute atomic E-state index is 0.681. The molecule has 1 aromatic carbocycles. The van der Waals surface area contributed by atoms with E-state index in [9.17, 15) is 0 Å². The predicted octanol–water partition coefficient (Wildman–Crippen LogP) is 3.84. The van der Waals surface area contributed by atoms with Crippen molar-refractivity contribution in [1.82, 2.24) is 9.88 Å². The molecule has 0 amide bonds. The van der Waals surface area contributed by atoms with Crippen LogP contribution in [0.4, 0.5) is 0 Å². The highest BCUT2D eigenvalue weighted by Gasteiger charge is 2.25. The van der Waals surface area contributed by atoms with Gasteiger partial charge in [0.25, 0.3) is 0 Å². The van der Waals surface area contributed by atoms with Gasteiger partial charge in [0.05, 0.1) is 0 Å². The molecule has 0 fully saturated rings. The van der Waals surface area contributed by atoms with E-state index >= 15 is 0 Å². The van der Waals surface area contributed by atoms with Gasteiger partial charge < -0.3 is 4.98 Å². The van der Waals surface area contributed by atoms with Gasteiger partial charge in [-0.25, -0.2) is 0 Å². The summed E-state index contributed by atoms with van der Waals surface area (Å²) >= 11 is 12.2. The van der Waals surface area contributed by atoms with Gasteiger partial charge >= 0.3 is 0 Å². The minimum atomic E-state index is 0.681. The van der Waals surface area contributed by atoms with E-state index in [0.717, 1.165) is 30.8 Å². The molecule has 2 aromatic rings. The van der Waals surface area contributed by atoms with Crippen LogP contribution < -0.4 is 0 Å². The Bertz CT molecular complexity index is 507. The number of rotatable bonds is 2. The second kappa shape index (κ2) is 4.37. The molecule has 0 bridgehead atoms. The third-order valence-electron chi connectivity index (χ3n) is 3.13. The number of hydrogen-bond donors (Lipinski definition) is 1. The van der Waals surface area contributed by atoms with Gasteiger partial charge in [-0.2, -0.15) is 0 Å². The Labute approximate surface area is 110 Å². The number of H-pyrrole nitrogens is 1. The maximum atomic E-state index is 6.09. The molecule has 0 atom stereocenters. The number of aromatic nitrogens is 1. The molecule has 0 aliphatic carbocycles. The topological polar surface area (TPSA) is 19.0 Å². The zero-order valence-electron chi connectivity index (χ0n) is 9.21. The van der Waals surface area contributed by atoms with Gasteiger partial charge in [-0.1, -0.05) is 53.5 Å². The molecule has 1 aromatic heterocycles. The third kappa shape index (κ3) is 2.08. The van der Waals surface area contributed by atoms with Gasteiger partial charge in [0.15, 0.2) is 0 Å². The summed E-state index contributed by atoms with van der Waals surface area (Å²) in [7, 11) is 0. The van der Waals surface area contributed by atoms with E-state index in [1.54, 1.807) is 0 Å². The smallest absolute Gasteiger partial charge is 0.112 e. The zero-order chi connectivity index (χ0) is 11.8. The molecule has 1 aliphatic rings. The lowest BCUT2D eigenvalue weighted by atomic mass is 10.2. The van der Waals surface area contributed by atoms with E-state index in [4.69, 9.17) is 23.2 Å². The van der Waals surface area contributed by atoms with E-state index in [1.165, 1.54) is 5.56 Å². The summed E-state index contributed by atoms with van der Waals surface area (Å²) in [6.45, 7) is 2.67. The molecule has 2 nitrogen and oxygen atoms in total. The van der Waals surface area contributed by atoms with Crippen molar-refractivity contribution in [2.24, 2.45) is 0 Å². The largest absolute Gasteiger partial charge is 0.336 e. The van der Waals surface area contributed by atoms with Gasteiger partial charge in [-0.05, 0) is 5.56 Å². The molecule has 17 heavy (non-hydrogen) atoms. The quantitative estimate of drug-likeness (QED) is 0.875. The number of fused-ring (bicyclic) bond motifs is 1. The first kappa shape index (κ1) is 11.1. The van der Waals surface area contributed by atoms with Crippen molar-refractivity contribution in [1.29, 1.82) is 0 Å². The fraction of sp³-hybridized carbons (Fsp3) is 0.231. The van der Waals surface area contributed by atoms with Crippen LogP contribution in [0.25, 0.3) is 0 Å². The van der Waals surface area contributed by atoms with Crippen LogP contribution in [0.5, 0.6) is 0 Å². The van der Waals surface area contributed by atoms with E-state index in [1.807, 2.05) is 6.07 Å². The Morgan fingerprint density at radius 1 is 1.00 bits per heavy atom. The van der Waals surface area contributed by atoms with E-state index in [-0.39, 0.29) is 0 Å². The van der Waals surface area contributed by atoms with Gasteiger partial charge in [0.1, 0.15) is 10.3 Å². The molecule has 2 heterocycles. The van der Waals surface area contributed by atoms with E-state index in [2.05, 4.69) is 34.1 Å². The molecule has 0 unspecified atom stereocenters. The predicted molar refractivity (Wildman–Crippen MR) is 70.2 cm³/mol. The number of hydrogen-bond acceptors (Lipinski definition) is 1. The Hall–Kier alpha value is -0.960. The SMILES string of the molecule is Clc1[nH]c(Cl)c2c1CN(Cc1ccccc1)C2. The van der Waals surface area contributed by atoms with Crippen molar-refractivity contribution in [2.75, 3.05) is 0 Å². The first-order valence-electron chi connectivity index (χ1n) is 5.55. The van der Waals surface area contributed by atoms with Gasteiger partial charge in [0, 0.05) is 30.8 Å². The lowest BCUT2D eigenvalue weighted by Gasteiger charge is -2.15. The van der Waals surface area contributed by atoms with Crippen molar-refractivity contribution in [3.05, 3.63) is 57.3 Å². The molecular formula is C13H12Cl2N2. The third-order valence-corrected chi connectivity index (χ3v) is 3.77. The number of aromatic amines is 1. The highest BCUT2D eigenvalue weighted by atomic mass is 35.5. The molecule has 88 valence electrons. The molecule has 3 rings (SSSR count). The Morgan fingerprint density at radius 3 is 2.18 bits per heavy atom. The molecule has 1 N–H and O–H groups in total. The highest BCUT2D eigenvalue weighted by molar-refractivity contribution is 6.34. The molecule has 0 saturated carbocycles. The molecule has 0 radical (unpaired) electrons. The summed E-state index contributed by atoms with van der Waals surface area (Å²) in [5.41, 5.74) is 3.61. The number of nitrogens with zero attached hydrogens (tertiary/aromatic N) is 1. The zero-order valence-corrected chi connectivity index (χ0v) is 10.7. The van der Waals surface area contributed by atoms with Crippen LogP contribution in [-0.2, 0) is 19.6 Å². The molecular weight excluding hydrogens is 255 g/mol. The van der Waals surface area contributed by atoms with Crippen LogP contribution in [0, 0.1) is 0 Å². The van der Waals surface area contributed by atoms with Crippen molar-refractivity contribution >= 4 is 23.2 Å². The normalized spacial score (nSPS) is 15.2. The van der Waals surface area contributed by atoms with E-state index in [0.29, 0.717) is 10.3 Å². The first-order valence-corrected chi connectivity index (χ1v) is 6.30. The molecule has 4 heteroatoms. The summed E-state index contributed by atoms with van der Waals surface area (Å²) in [6, 6.07) is 10.4. The van der Waals surface area contributed by atoms with Crippen LogP contribution in [-0.4, -0.2) is 9.88 Å². The summed E-state index contributed by atoms with van der Waals surface area (Å²) in [5.74, 6) is 0. The van der Waals surface area contributed by atoms with Gasteiger partial charge in [-0.15, -0.1) is 0 Å². The summed E-state index contributed by atoms with van der Waals surface area (Å²) in [5, 5.41) is 1.36. The van der Waals surface area contributed by atoms with E-state index < -0.39 is 0 Å². The maximum Gasteiger partial charge on any atom is 0.112 e. The average molecular weight is 267 g/mol. The average Bonchev–Trinajstić information content (AvgIpc) is 2.83. The fourth-order valence-corrected chi connectivity index (χ4v) is 2.88. The van der Waals surface area contributed by atoms with Crippen molar-refractivity contribution < 1.29 is 0 Å². The molecule has 1 aliphatic heterocycles. The standard InChI is InChI=1S/C13H12Cl2N2/c14-12-10-7-17(8-11(10)13(15)16-12)6-9-4-2-1-3-5-9/h1-5,16H,6-8H2. The van der Waals surface area contributed by atoms with Crippen LogP contribution in [0.2, 0.25) is 10.3 Å². The Balaban J connectivity index is 1.77. The number of nitrogens with one attached hydrogen (secondary N) is 1. The second-order valence-electron chi connectivity index (χ2n) is 4.34. The second-order valence-corrected chi connectivity index (χ2v) is 5.10. The van der Waals surface area contributed by atoms with Crippen molar-refractivity contribution in [3.63, 3.8) is 0 Å². The van der Waals surface area contributed by atoms with Crippen LogP contribution in [0.15, 0.2) is 30.3 Å². The van der Waals surface area contributed by atoms with Crippen LogP contribution in [0.1, 0.15) is 16.7 Å². The Morgan fingerprint density at radius 2 is 1.59 bits per heavy atom. The van der Waals surface area contributed by atoms with Crippen molar-refractivity contribution in [2.45, 2.75) is 19.6 Å². The van der Waals surface area contributed by atoms with Crippen molar-refractivity contribution in [3.8, 4) is 0 Å². The monoisotopic (exact) mass is 266 g/mol. The number of halogens is 2. The van der Waals surface area contributed by atoms with Gasteiger partial charge in [0.2, 0.25) is 0 Å². The molecule has 0 spiro atoms. The minimum Gasteiger partial charge on any atom is -0.336 e. The fourth-order valence-electron chi connectivity index (χ4n) is 2.30. The number of benzene rings is 1. The summed E-state index contributed by atoms with van der Waals surface area (Å²) in [6.07, 6.45) is 0. The first-order chi connectivity index (χ1) is 8.24. The summed E-state index contributed by atoms with van der Waals surface area (Å²) in [4.78, 5) is 5.31. The molecule has 0 saturated heterocycles. The lowest BCUT2D eigenvalue weighted by Crippen LogP contribution is -2.16. The Kier molecular flexibility index (Phi) is 2.87. The highest BCUT2D eigenvalue weighted by Crippen LogP contribution is 2.34. The van der Waals surface area contributed by atoms with Gasteiger partial charge in [-0.3, -0.25) is 4.90 Å². The van der Waals surface area contributed by atoms with Crippen LogP contribution in [0.3, 0.4) is 0 Å². The van der Waals surface area contributed by atoms with Crippen LogP contribution >= 0.6 is 23.2 Å². The maximum absolute atomic E-state index is 6.09. The summed E-state index contributed by atoms with van der Waals surface area (Å²) < 4.78 is 0. The lowest BCUT2D eigenvalue weighted by molar-refractivity contribution is 0.274.